The molecule has 4 heterocycles. The van der Waals surface area contributed by atoms with Gasteiger partial charge in [0.1, 0.15) is 23.7 Å². The van der Waals surface area contributed by atoms with Crippen molar-refractivity contribution in [2.45, 2.75) is 65.0 Å². The van der Waals surface area contributed by atoms with Crippen LogP contribution in [0.5, 0.6) is 11.5 Å². The highest BCUT2D eigenvalue weighted by atomic mass is 35.5. The van der Waals surface area contributed by atoms with Gasteiger partial charge in [-0.25, -0.2) is 23.5 Å². The first-order chi connectivity index (χ1) is 22.4. The number of halogens is 3. The molecule has 2 unspecified atom stereocenters. The van der Waals surface area contributed by atoms with Crippen LogP contribution in [0.25, 0.3) is 27.7 Å². The monoisotopic (exact) mass is 664 g/mol. The average Bonchev–Trinajstić information content (AvgIpc) is 3.01. The van der Waals surface area contributed by atoms with Crippen molar-refractivity contribution in [1.82, 2.24) is 24.4 Å². The lowest BCUT2D eigenvalue weighted by Gasteiger charge is -2.47. The number of piperazine rings is 1. The highest BCUT2D eigenvalue weighted by Gasteiger charge is 2.40. The number of fused-ring (bicyclic) bond motifs is 2. The number of nitrogens with zero attached hydrogens (tertiary/aromatic N) is 6. The van der Waals surface area contributed by atoms with Gasteiger partial charge in [0.15, 0.2) is 11.6 Å². The fourth-order valence-corrected chi connectivity index (χ4v) is 7.11. The largest absolute Gasteiger partial charge is 0.507 e. The maximum atomic E-state index is 16.9. The van der Waals surface area contributed by atoms with E-state index in [4.69, 9.17) is 16.3 Å². The van der Waals surface area contributed by atoms with Crippen molar-refractivity contribution < 1.29 is 23.4 Å². The van der Waals surface area contributed by atoms with Gasteiger partial charge in [0.25, 0.3) is 0 Å². The molecule has 0 spiro atoms. The Morgan fingerprint density at radius 1 is 1.13 bits per heavy atom. The summed E-state index contributed by atoms with van der Waals surface area (Å²) in [4.78, 5) is 44.3. The summed E-state index contributed by atoms with van der Waals surface area (Å²) in [6.07, 6.45) is 3.03. The van der Waals surface area contributed by atoms with E-state index in [2.05, 4.69) is 21.5 Å². The number of benzene rings is 2. The van der Waals surface area contributed by atoms with Gasteiger partial charge in [-0.05, 0) is 37.0 Å². The molecule has 10 nitrogen and oxygen atoms in total. The number of carbonyl (C=O) groups is 1. The fraction of sp³-hybridized carbons (Fsp3) is 0.382. The van der Waals surface area contributed by atoms with E-state index < -0.39 is 34.2 Å². The van der Waals surface area contributed by atoms with Crippen molar-refractivity contribution in [3.05, 3.63) is 75.7 Å². The summed E-state index contributed by atoms with van der Waals surface area (Å²) in [6, 6.07) is 2.89. The molecule has 47 heavy (non-hydrogen) atoms. The van der Waals surface area contributed by atoms with Crippen LogP contribution >= 0.6 is 11.6 Å². The number of ether oxygens (including phenoxy) is 1. The lowest BCUT2D eigenvalue weighted by atomic mass is 9.96. The first-order valence-electron chi connectivity index (χ1n) is 15.5. The molecule has 0 bridgehead atoms. The molecule has 1 fully saturated rings. The molecule has 13 heteroatoms. The van der Waals surface area contributed by atoms with Crippen molar-refractivity contribution in [2.75, 3.05) is 24.6 Å². The second kappa shape index (κ2) is 12.2. The summed E-state index contributed by atoms with van der Waals surface area (Å²) in [7, 11) is 0. The Morgan fingerprint density at radius 3 is 2.43 bits per heavy atom. The molecular formula is C34H35ClF2N6O4. The number of hydrogen-bond acceptors (Lipinski definition) is 8. The van der Waals surface area contributed by atoms with Gasteiger partial charge in [0.05, 0.1) is 51.2 Å². The highest BCUT2D eigenvalue weighted by molar-refractivity contribution is 6.39. The van der Waals surface area contributed by atoms with Crippen LogP contribution in [0.1, 0.15) is 64.3 Å². The summed E-state index contributed by atoms with van der Waals surface area (Å²) in [5.41, 5.74) is -0.300. The van der Waals surface area contributed by atoms with Gasteiger partial charge in [0.2, 0.25) is 5.91 Å². The van der Waals surface area contributed by atoms with Gasteiger partial charge in [0, 0.05) is 31.1 Å². The third-order valence-corrected chi connectivity index (χ3v) is 9.17. The Kier molecular flexibility index (Phi) is 8.41. The van der Waals surface area contributed by atoms with Crippen LogP contribution in [0.3, 0.4) is 0 Å². The fourth-order valence-electron chi connectivity index (χ4n) is 6.76. The molecule has 0 aliphatic carbocycles. The molecule has 246 valence electrons. The minimum atomic E-state index is -1.01. The van der Waals surface area contributed by atoms with Crippen LogP contribution in [0, 0.1) is 11.6 Å². The van der Waals surface area contributed by atoms with Crippen molar-refractivity contribution in [1.29, 1.82) is 0 Å². The predicted octanol–water partition coefficient (Wildman–Crippen LogP) is 6.10. The first kappa shape index (κ1) is 32.4. The number of anilines is 1. The maximum Gasteiger partial charge on any atom is 0.354 e. The number of hydrogen-bond donors (Lipinski definition) is 1. The smallest absolute Gasteiger partial charge is 0.354 e. The summed E-state index contributed by atoms with van der Waals surface area (Å²) in [5.74, 6) is -3.25. The third kappa shape index (κ3) is 5.18. The van der Waals surface area contributed by atoms with Crippen LogP contribution in [-0.2, 0) is 4.79 Å². The second-order valence-electron chi connectivity index (χ2n) is 12.5. The molecule has 0 radical (unpaired) electrons. The molecule has 2 aromatic carbocycles. The zero-order valence-electron chi connectivity index (χ0n) is 26.7. The molecule has 2 atom stereocenters. The topological polar surface area (TPSA) is 114 Å². The van der Waals surface area contributed by atoms with E-state index in [0.29, 0.717) is 36.6 Å². The highest BCUT2D eigenvalue weighted by Crippen LogP contribution is 2.50. The molecule has 0 saturated carbocycles. The van der Waals surface area contributed by atoms with Gasteiger partial charge in [-0.3, -0.25) is 9.36 Å². The molecule has 2 aliphatic rings. The van der Waals surface area contributed by atoms with Gasteiger partial charge in [-0.1, -0.05) is 51.9 Å². The van der Waals surface area contributed by atoms with Crippen LogP contribution in [0.2, 0.25) is 5.02 Å². The number of carbonyl (C=O) groups excluding carboxylic acids is 1. The maximum absolute atomic E-state index is 16.9. The van der Waals surface area contributed by atoms with E-state index in [1.54, 1.807) is 4.90 Å². The SMILES string of the molecule is C=CC(=O)N1CC(C)N2c3nc(=O)n(-c4c(C(C)C)ncnc4C(C)C)c4c(Cl)c(-c5c(O)cccc5F)c(F)c(c34)OCCC2C1. The van der Waals surface area contributed by atoms with Gasteiger partial charge in [-0.2, -0.15) is 4.98 Å². The van der Waals surface area contributed by atoms with E-state index in [9.17, 15) is 14.7 Å². The number of amides is 1. The van der Waals surface area contributed by atoms with Gasteiger partial charge in [-0.15, -0.1) is 0 Å². The molecule has 2 aromatic heterocycles. The van der Waals surface area contributed by atoms with Crippen molar-refractivity contribution in [2.24, 2.45) is 0 Å². The first-order valence-corrected chi connectivity index (χ1v) is 15.9. The van der Waals surface area contributed by atoms with Gasteiger partial charge < -0.3 is 19.6 Å². The Morgan fingerprint density at radius 2 is 1.81 bits per heavy atom. The molecule has 1 N–H and O–H groups in total. The number of rotatable bonds is 5. The van der Waals surface area contributed by atoms with E-state index in [0.717, 1.165) is 6.07 Å². The lowest BCUT2D eigenvalue weighted by Crippen LogP contribution is -2.60. The molecule has 1 saturated heterocycles. The molecule has 4 aromatic rings. The van der Waals surface area contributed by atoms with E-state index in [1.807, 2.05) is 39.5 Å². The molecule has 1 amide bonds. The Bertz CT molecular complexity index is 1950. The summed E-state index contributed by atoms with van der Waals surface area (Å²) in [6.45, 7) is 13.8. The van der Waals surface area contributed by atoms with Crippen LogP contribution in [-0.4, -0.2) is 67.2 Å². The standard InChI is InChI=1S/C34H35ClF2N6O4/c1-7-22(45)41-13-18(6)42-19(14-41)11-12-47-32-25-30(26(35)24(27(32)37)23-20(36)9-8-10-21(23)44)43(34(46)40-33(25)42)31-28(16(2)3)38-15-39-29(31)17(4)5/h7-10,15-19,44H,1,11-14H2,2-6H3. The van der Waals surface area contributed by atoms with E-state index in [-0.39, 0.29) is 63.9 Å². The Hall–Kier alpha value is -4.58. The summed E-state index contributed by atoms with van der Waals surface area (Å²) >= 11 is 7.15. The zero-order chi connectivity index (χ0) is 33.9. The zero-order valence-corrected chi connectivity index (χ0v) is 27.5. The van der Waals surface area contributed by atoms with Gasteiger partial charge >= 0.3 is 5.69 Å². The van der Waals surface area contributed by atoms with Crippen molar-refractivity contribution >= 4 is 34.2 Å². The van der Waals surface area contributed by atoms with Crippen LogP contribution in [0.15, 0.2) is 42.0 Å². The minimum absolute atomic E-state index is 0.00627. The number of phenolic OH excluding ortho intramolecular Hbond substituents is 1. The summed E-state index contributed by atoms with van der Waals surface area (Å²) in [5, 5.41) is 10.6. The van der Waals surface area contributed by atoms with Crippen molar-refractivity contribution in [3.63, 3.8) is 0 Å². The van der Waals surface area contributed by atoms with Crippen LogP contribution in [0.4, 0.5) is 14.6 Å². The normalized spacial score (nSPS) is 17.8. The predicted molar refractivity (Wildman–Crippen MR) is 176 cm³/mol. The number of phenols is 1. The average molecular weight is 665 g/mol. The Labute approximate surface area is 275 Å². The molecule has 2 aliphatic heterocycles. The third-order valence-electron chi connectivity index (χ3n) is 8.80. The minimum Gasteiger partial charge on any atom is -0.507 e. The van der Waals surface area contributed by atoms with E-state index >= 15 is 8.78 Å². The Balaban J connectivity index is 1.81. The lowest BCUT2D eigenvalue weighted by molar-refractivity contribution is -0.127. The second-order valence-corrected chi connectivity index (χ2v) is 12.9. The summed E-state index contributed by atoms with van der Waals surface area (Å²) < 4.78 is 39.8. The molecular weight excluding hydrogens is 630 g/mol. The quantitative estimate of drug-likeness (QED) is 0.255. The number of aromatic nitrogens is 4. The van der Waals surface area contributed by atoms with Crippen molar-refractivity contribution in [3.8, 4) is 28.3 Å². The number of aromatic hydroxyl groups is 1. The molecule has 6 rings (SSSR count). The van der Waals surface area contributed by atoms with Crippen LogP contribution < -0.4 is 15.3 Å². The van der Waals surface area contributed by atoms with E-state index in [1.165, 1.54) is 29.1 Å².